The molecule has 3 heterocycles. The van der Waals surface area contributed by atoms with Crippen LogP contribution in [0.3, 0.4) is 0 Å². The van der Waals surface area contributed by atoms with Crippen LogP contribution in [0.15, 0.2) is 47.6 Å². The molecule has 1 aliphatic heterocycles. The summed E-state index contributed by atoms with van der Waals surface area (Å²) < 4.78 is 28.4. The standard InChI is InChI=1S/C21H26N8O4S/c1-4-16-20(31)28(3)17-13-22-21(25-19(17)29(16)18-9-11-27(2)26-18)24-14-5-7-15(8-6-14)34(32,33)23-10-12-30/h5-9,11,13,16,23,30H,4,10,12H2,1-3H3,(H,22,24,25). The maximum Gasteiger partial charge on any atom is 0.250 e. The molecule has 13 heteroatoms. The van der Waals surface area contributed by atoms with Gasteiger partial charge >= 0.3 is 0 Å². The quantitative estimate of drug-likeness (QED) is 0.426. The first-order valence-electron chi connectivity index (χ1n) is 10.7. The fourth-order valence-electron chi connectivity index (χ4n) is 3.71. The molecule has 0 bridgehead atoms. The molecule has 0 radical (unpaired) electrons. The third kappa shape index (κ3) is 4.44. The monoisotopic (exact) mass is 486 g/mol. The molecule has 3 aromatic rings. The van der Waals surface area contributed by atoms with Crippen LogP contribution in [-0.4, -0.2) is 65.4 Å². The van der Waals surface area contributed by atoms with Crippen molar-refractivity contribution < 1.29 is 18.3 Å². The number of rotatable bonds is 8. The highest BCUT2D eigenvalue weighted by molar-refractivity contribution is 7.89. The first-order valence-corrected chi connectivity index (χ1v) is 12.1. The summed E-state index contributed by atoms with van der Waals surface area (Å²) in [5.41, 5.74) is 1.14. The zero-order valence-corrected chi connectivity index (χ0v) is 19.8. The smallest absolute Gasteiger partial charge is 0.250 e. The summed E-state index contributed by atoms with van der Waals surface area (Å²) in [5, 5.41) is 16.4. The number of aryl methyl sites for hydroxylation is 1. The summed E-state index contributed by atoms with van der Waals surface area (Å²) in [4.78, 5) is 25.4. The average Bonchev–Trinajstić information content (AvgIpc) is 3.26. The predicted octanol–water partition coefficient (Wildman–Crippen LogP) is 1.12. The van der Waals surface area contributed by atoms with Gasteiger partial charge in [-0.25, -0.2) is 18.1 Å². The second kappa shape index (κ2) is 9.37. The Morgan fingerprint density at radius 1 is 1.15 bits per heavy atom. The van der Waals surface area contributed by atoms with Gasteiger partial charge in [-0.15, -0.1) is 0 Å². The minimum Gasteiger partial charge on any atom is -0.395 e. The van der Waals surface area contributed by atoms with Crippen molar-refractivity contribution in [2.24, 2.45) is 7.05 Å². The molecule has 1 aromatic carbocycles. The maximum atomic E-state index is 13.0. The number of likely N-dealkylation sites (N-methyl/N-ethyl adjacent to an activating group) is 1. The number of hydrogen-bond acceptors (Lipinski definition) is 9. The molecule has 180 valence electrons. The number of amides is 1. The van der Waals surface area contributed by atoms with Gasteiger partial charge in [0.25, 0.3) is 0 Å². The number of carbonyl (C=O) groups excluding carboxylic acids is 1. The summed E-state index contributed by atoms with van der Waals surface area (Å²) in [5.74, 6) is 1.35. The second-order valence-corrected chi connectivity index (χ2v) is 9.48. The maximum absolute atomic E-state index is 13.0. The van der Waals surface area contributed by atoms with Gasteiger partial charge in [0, 0.05) is 38.6 Å². The van der Waals surface area contributed by atoms with Gasteiger partial charge in [0.05, 0.1) is 17.7 Å². The Morgan fingerprint density at radius 3 is 2.50 bits per heavy atom. The first kappa shape index (κ1) is 23.6. The van der Waals surface area contributed by atoms with Crippen molar-refractivity contribution >= 4 is 44.9 Å². The van der Waals surface area contributed by atoms with Crippen LogP contribution in [0.25, 0.3) is 0 Å². The van der Waals surface area contributed by atoms with E-state index in [9.17, 15) is 13.2 Å². The van der Waals surface area contributed by atoms with Gasteiger partial charge < -0.3 is 15.3 Å². The van der Waals surface area contributed by atoms with Gasteiger partial charge in [-0.2, -0.15) is 10.1 Å². The predicted molar refractivity (Wildman–Crippen MR) is 127 cm³/mol. The number of anilines is 5. The largest absolute Gasteiger partial charge is 0.395 e. The van der Waals surface area contributed by atoms with Crippen LogP contribution in [0, 0.1) is 0 Å². The molecule has 0 spiro atoms. The van der Waals surface area contributed by atoms with Crippen molar-refractivity contribution in [3.05, 3.63) is 42.7 Å². The highest BCUT2D eigenvalue weighted by atomic mass is 32.2. The number of hydrogen-bond donors (Lipinski definition) is 3. The first-order chi connectivity index (χ1) is 16.2. The molecule has 2 aromatic heterocycles. The Hall–Kier alpha value is -3.55. The molecule has 3 N–H and O–H groups in total. The lowest BCUT2D eigenvalue weighted by Crippen LogP contribution is -2.50. The molecule has 0 aliphatic carbocycles. The Bertz CT molecular complexity index is 1290. The molecule has 0 fully saturated rings. The van der Waals surface area contributed by atoms with E-state index in [4.69, 9.17) is 5.11 Å². The molecule has 12 nitrogen and oxygen atoms in total. The summed E-state index contributed by atoms with van der Waals surface area (Å²) in [7, 11) is -0.203. The van der Waals surface area contributed by atoms with E-state index in [0.717, 1.165) is 0 Å². The van der Waals surface area contributed by atoms with E-state index in [2.05, 4.69) is 25.1 Å². The summed E-state index contributed by atoms with van der Waals surface area (Å²) >= 11 is 0. The van der Waals surface area contributed by atoms with Gasteiger partial charge in [-0.05, 0) is 30.7 Å². The van der Waals surface area contributed by atoms with Crippen molar-refractivity contribution in [2.75, 3.05) is 35.3 Å². The molecule has 4 rings (SSSR count). The van der Waals surface area contributed by atoms with Crippen LogP contribution in [-0.2, 0) is 21.9 Å². The fraction of sp³-hybridized carbons (Fsp3) is 0.333. The van der Waals surface area contributed by atoms with E-state index in [1.54, 1.807) is 48.2 Å². The lowest BCUT2D eigenvalue weighted by molar-refractivity contribution is -0.119. The Morgan fingerprint density at radius 2 is 1.88 bits per heavy atom. The summed E-state index contributed by atoms with van der Waals surface area (Å²) in [6.07, 6.45) is 3.93. The zero-order chi connectivity index (χ0) is 24.5. The summed E-state index contributed by atoms with van der Waals surface area (Å²) in [6.45, 7) is 1.58. The van der Waals surface area contributed by atoms with Gasteiger partial charge in [-0.1, -0.05) is 6.92 Å². The second-order valence-electron chi connectivity index (χ2n) is 7.71. The van der Waals surface area contributed by atoms with Crippen LogP contribution in [0.2, 0.25) is 0 Å². The molecular weight excluding hydrogens is 460 g/mol. The number of benzene rings is 1. The SMILES string of the molecule is CCC1C(=O)N(C)c2cnc(Nc3ccc(S(=O)(=O)NCCO)cc3)nc2N1c1ccn(C)n1. The Kier molecular flexibility index (Phi) is 6.50. The molecule has 0 saturated carbocycles. The number of fused-ring (bicyclic) bond motifs is 1. The number of carbonyl (C=O) groups is 1. The number of aromatic nitrogens is 4. The third-order valence-corrected chi connectivity index (χ3v) is 6.90. The number of aliphatic hydroxyl groups excluding tert-OH is 1. The van der Waals surface area contributed by atoms with Crippen LogP contribution < -0.4 is 19.8 Å². The highest BCUT2D eigenvalue weighted by Crippen LogP contribution is 2.39. The van der Waals surface area contributed by atoms with E-state index in [1.165, 1.54) is 12.1 Å². The molecule has 1 aliphatic rings. The van der Waals surface area contributed by atoms with E-state index in [0.29, 0.717) is 29.4 Å². The fourth-order valence-corrected chi connectivity index (χ4v) is 4.73. The zero-order valence-electron chi connectivity index (χ0n) is 19.0. The molecule has 1 unspecified atom stereocenters. The van der Waals surface area contributed by atoms with Crippen molar-refractivity contribution in [1.29, 1.82) is 0 Å². The minimum absolute atomic E-state index is 0.0617. The molecule has 34 heavy (non-hydrogen) atoms. The molecular formula is C21H26N8O4S. The lowest BCUT2D eigenvalue weighted by atomic mass is 10.1. The topological polar surface area (TPSA) is 146 Å². The molecule has 0 saturated heterocycles. The molecule has 1 atom stereocenters. The molecule has 1 amide bonds. The van der Waals surface area contributed by atoms with Gasteiger partial charge in [0.15, 0.2) is 11.6 Å². The van der Waals surface area contributed by atoms with Crippen molar-refractivity contribution in [3.8, 4) is 0 Å². The summed E-state index contributed by atoms with van der Waals surface area (Å²) in [6, 6.07) is 7.44. The van der Waals surface area contributed by atoms with Gasteiger partial charge in [-0.3, -0.25) is 14.4 Å². The minimum atomic E-state index is -3.70. The number of nitrogens with zero attached hydrogens (tertiary/aromatic N) is 6. The van der Waals surface area contributed by atoms with E-state index in [-0.39, 0.29) is 29.9 Å². The van der Waals surface area contributed by atoms with Gasteiger partial charge in [0.2, 0.25) is 21.9 Å². The van der Waals surface area contributed by atoms with E-state index in [1.807, 2.05) is 17.9 Å². The number of nitrogens with one attached hydrogen (secondary N) is 2. The number of sulfonamides is 1. The Labute approximate surface area is 197 Å². The lowest BCUT2D eigenvalue weighted by Gasteiger charge is -2.39. The van der Waals surface area contributed by atoms with Crippen LogP contribution in [0.4, 0.5) is 29.0 Å². The van der Waals surface area contributed by atoms with Crippen LogP contribution in [0.1, 0.15) is 13.3 Å². The number of aliphatic hydroxyl groups is 1. The van der Waals surface area contributed by atoms with Crippen LogP contribution >= 0.6 is 0 Å². The van der Waals surface area contributed by atoms with Crippen LogP contribution in [0.5, 0.6) is 0 Å². The van der Waals surface area contributed by atoms with E-state index >= 15 is 0 Å². The highest BCUT2D eigenvalue weighted by Gasteiger charge is 2.39. The van der Waals surface area contributed by atoms with Crippen molar-refractivity contribution in [1.82, 2.24) is 24.5 Å². The normalized spacial score (nSPS) is 16.0. The van der Waals surface area contributed by atoms with Crippen molar-refractivity contribution in [3.63, 3.8) is 0 Å². The Balaban J connectivity index is 1.65. The van der Waals surface area contributed by atoms with E-state index < -0.39 is 16.1 Å². The average molecular weight is 487 g/mol. The third-order valence-electron chi connectivity index (χ3n) is 5.42. The van der Waals surface area contributed by atoms with Crippen molar-refractivity contribution in [2.45, 2.75) is 24.3 Å². The van der Waals surface area contributed by atoms with Gasteiger partial charge in [0.1, 0.15) is 11.7 Å².